The molecule has 1 N–H and O–H groups in total. The number of rotatable bonds is 3. The van der Waals surface area contributed by atoms with Crippen molar-refractivity contribution in [3.63, 3.8) is 0 Å². The summed E-state index contributed by atoms with van der Waals surface area (Å²) in [5, 5.41) is 2.87. The molecular weight excluding hydrogens is 338 g/mol. The second-order valence-corrected chi connectivity index (χ2v) is 9.07. The van der Waals surface area contributed by atoms with Crippen molar-refractivity contribution in [3.05, 3.63) is 29.3 Å². The highest BCUT2D eigenvalue weighted by molar-refractivity contribution is 7.89. The highest BCUT2D eigenvalue weighted by Gasteiger charge is 2.29. The summed E-state index contributed by atoms with van der Waals surface area (Å²) in [5.41, 5.74) is 2.43. The first-order chi connectivity index (χ1) is 11.9. The zero-order valence-electron chi connectivity index (χ0n) is 15.0. The molecule has 0 saturated carbocycles. The maximum Gasteiger partial charge on any atom is 0.317 e. The Labute approximate surface area is 150 Å². The summed E-state index contributed by atoms with van der Waals surface area (Å²) in [4.78, 5) is 14.3. The highest BCUT2D eigenvalue weighted by Crippen LogP contribution is 2.26. The third kappa shape index (κ3) is 3.98. The molecule has 7 heteroatoms. The van der Waals surface area contributed by atoms with Crippen LogP contribution in [-0.2, 0) is 22.9 Å². The molecule has 0 unspecified atom stereocenters. The van der Waals surface area contributed by atoms with Crippen molar-refractivity contribution in [1.29, 1.82) is 0 Å². The van der Waals surface area contributed by atoms with Gasteiger partial charge >= 0.3 is 6.03 Å². The van der Waals surface area contributed by atoms with Crippen molar-refractivity contribution in [3.8, 4) is 0 Å². The van der Waals surface area contributed by atoms with Crippen molar-refractivity contribution in [1.82, 2.24) is 14.5 Å². The van der Waals surface area contributed by atoms with E-state index in [0.717, 1.165) is 24.8 Å². The van der Waals surface area contributed by atoms with E-state index in [0.29, 0.717) is 37.5 Å². The van der Waals surface area contributed by atoms with Gasteiger partial charge in [-0.05, 0) is 62.8 Å². The van der Waals surface area contributed by atoms with Crippen LogP contribution in [0.4, 0.5) is 4.79 Å². The van der Waals surface area contributed by atoms with Gasteiger partial charge in [0, 0.05) is 32.2 Å². The van der Waals surface area contributed by atoms with E-state index in [1.807, 2.05) is 26.0 Å². The number of benzene rings is 1. The Bertz CT molecular complexity index is 746. The Morgan fingerprint density at radius 2 is 1.80 bits per heavy atom. The fourth-order valence-electron chi connectivity index (χ4n) is 3.53. The number of hydrogen-bond donors (Lipinski definition) is 1. The van der Waals surface area contributed by atoms with Crippen molar-refractivity contribution in [2.75, 3.05) is 26.2 Å². The lowest BCUT2D eigenvalue weighted by atomic mass is 10.1. The molecule has 1 aromatic rings. The van der Waals surface area contributed by atoms with Gasteiger partial charge < -0.3 is 10.2 Å². The van der Waals surface area contributed by atoms with Gasteiger partial charge in [-0.25, -0.2) is 13.2 Å². The van der Waals surface area contributed by atoms with E-state index in [9.17, 15) is 13.2 Å². The lowest BCUT2D eigenvalue weighted by molar-refractivity contribution is 0.198. The topological polar surface area (TPSA) is 69.7 Å². The molecule has 1 aliphatic carbocycles. The first-order valence-corrected chi connectivity index (χ1v) is 10.5. The number of urea groups is 1. The van der Waals surface area contributed by atoms with Gasteiger partial charge in [-0.3, -0.25) is 0 Å². The Morgan fingerprint density at radius 1 is 1.04 bits per heavy atom. The van der Waals surface area contributed by atoms with Crippen LogP contribution in [0, 0.1) is 0 Å². The maximum absolute atomic E-state index is 13.0. The summed E-state index contributed by atoms with van der Waals surface area (Å²) in [6.07, 6.45) is 3.75. The average molecular weight is 365 g/mol. The van der Waals surface area contributed by atoms with Crippen molar-refractivity contribution in [2.45, 2.75) is 50.5 Å². The van der Waals surface area contributed by atoms with Crippen LogP contribution in [0.15, 0.2) is 23.1 Å². The van der Waals surface area contributed by atoms with E-state index in [1.54, 1.807) is 11.0 Å². The molecule has 0 radical (unpaired) electrons. The van der Waals surface area contributed by atoms with Gasteiger partial charge in [0.25, 0.3) is 0 Å². The van der Waals surface area contributed by atoms with Gasteiger partial charge in [0.15, 0.2) is 0 Å². The standard InChI is InChI=1S/C18H27N3O3S/c1-14(2)19-18(22)20-9-4-10-21(12-11-20)25(23,24)17-8-7-15-5-3-6-16(15)13-17/h7-8,13-14H,3-6,9-12H2,1-2H3,(H,19,22). The number of carbonyl (C=O) groups excluding carboxylic acids is 1. The van der Waals surface area contributed by atoms with Gasteiger partial charge in [-0.1, -0.05) is 6.07 Å². The van der Waals surface area contributed by atoms with Crippen molar-refractivity contribution < 1.29 is 13.2 Å². The Kier molecular flexibility index (Phi) is 5.34. The van der Waals surface area contributed by atoms with Gasteiger partial charge in [-0.2, -0.15) is 4.31 Å². The molecule has 3 rings (SSSR count). The van der Waals surface area contributed by atoms with Gasteiger partial charge in [0.2, 0.25) is 10.0 Å². The molecule has 1 heterocycles. The molecule has 0 bridgehead atoms. The minimum Gasteiger partial charge on any atom is -0.336 e. The summed E-state index contributed by atoms with van der Waals surface area (Å²) in [6, 6.07) is 5.48. The van der Waals surface area contributed by atoms with Crippen LogP contribution in [-0.4, -0.2) is 55.9 Å². The summed E-state index contributed by atoms with van der Waals surface area (Å²) in [5.74, 6) is 0. The van der Waals surface area contributed by atoms with Crippen molar-refractivity contribution in [2.24, 2.45) is 0 Å². The first-order valence-electron chi connectivity index (χ1n) is 9.05. The molecular formula is C18H27N3O3S. The predicted molar refractivity (Wildman–Crippen MR) is 97.1 cm³/mol. The Hall–Kier alpha value is -1.60. The molecule has 0 atom stereocenters. The number of hydrogen-bond acceptors (Lipinski definition) is 3. The number of sulfonamides is 1. The monoisotopic (exact) mass is 365 g/mol. The molecule has 138 valence electrons. The summed E-state index contributed by atoms with van der Waals surface area (Å²) in [7, 11) is -3.50. The zero-order chi connectivity index (χ0) is 18.0. The van der Waals surface area contributed by atoms with Crippen LogP contribution < -0.4 is 5.32 Å². The smallest absolute Gasteiger partial charge is 0.317 e. The van der Waals surface area contributed by atoms with Crippen LogP contribution in [0.1, 0.15) is 37.8 Å². The van der Waals surface area contributed by atoms with Crippen LogP contribution >= 0.6 is 0 Å². The van der Waals surface area contributed by atoms with E-state index in [2.05, 4.69) is 5.32 Å². The minimum atomic E-state index is -3.50. The predicted octanol–water partition coefficient (Wildman–Crippen LogP) is 1.99. The fraction of sp³-hybridized carbons (Fsp3) is 0.611. The summed E-state index contributed by atoms with van der Waals surface area (Å²) < 4.78 is 27.5. The lowest BCUT2D eigenvalue weighted by Crippen LogP contribution is -2.44. The SMILES string of the molecule is CC(C)NC(=O)N1CCCN(S(=O)(=O)c2ccc3c(c2)CCC3)CC1. The molecule has 1 fully saturated rings. The Morgan fingerprint density at radius 3 is 2.56 bits per heavy atom. The first kappa shape index (κ1) is 18.2. The number of amides is 2. The molecule has 1 saturated heterocycles. The highest BCUT2D eigenvalue weighted by atomic mass is 32.2. The van der Waals surface area contributed by atoms with E-state index in [1.165, 1.54) is 9.87 Å². The normalized spacial score (nSPS) is 18.9. The number of nitrogens with zero attached hydrogens (tertiary/aromatic N) is 2. The van der Waals surface area contributed by atoms with Gasteiger partial charge in [-0.15, -0.1) is 0 Å². The third-order valence-corrected chi connectivity index (χ3v) is 6.76. The largest absolute Gasteiger partial charge is 0.336 e. The number of fused-ring (bicyclic) bond motifs is 1. The lowest BCUT2D eigenvalue weighted by Gasteiger charge is -2.23. The Balaban J connectivity index is 1.72. The van der Waals surface area contributed by atoms with E-state index < -0.39 is 10.0 Å². The molecule has 2 aliphatic rings. The maximum atomic E-state index is 13.0. The van der Waals surface area contributed by atoms with E-state index in [4.69, 9.17) is 0 Å². The van der Waals surface area contributed by atoms with E-state index in [-0.39, 0.29) is 12.1 Å². The van der Waals surface area contributed by atoms with Crippen LogP contribution in [0.2, 0.25) is 0 Å². The third-order valence-electron chi connectivity index (χ3n) is 4.86. The average Bonchev–Trinajstić information content (AvgIpc) is 2.87. The second kappa shape index (κ2) is 7.33. The number of aryl methyl sites for hydroxylation is 2. The fourth-order valence-corrected chi connectivity index (χ4v) is 5.05. The van der Waals surface area contributed by atoms with E-state index >= 15 is 0 Å². The number of carbonyl (C=O) groups is 1. The van der Waals surface area contributed by atoms with Gasteiger partial charge in [0.1, 0.15) is 0 Å². The quantitative estimate of drug-likeness (QED) is 0.891. The second-order valence-electron chi connectivity index (χ2n) is 7.13. The summed E-state index contributed by atoms with van der Waals surface area (Å²) in [6.45, 7) is 5.62. The molecule has 0 aromatic heterocycles. The van der Waals surface area contributed by atoms with Gasteiger partial charge in [0.05, 0.1) is 4.90 Å². The summed E-state index contributed by atoms with van der Waals surface area (Å²) >= 11 is 0. The van der Waals surface area contributed by atoms with Crippen LogP contribution in [0.25, 0.3) is 0 Å². The zero-order valence-corrected chi connectivity index (χ0v) is 15.8. The van der Waals surface area contributed by atoms with Crippen molar-refractivity contribution >= 4 is 16.1 Å². The molecule has 25 heavy (non-hydrogen) atoms. The molecule has 1 aromatic carbocycles. The molecule has 6 nitrogen and oxygen atoms in total. The minimum absolute atomic E-state index is 0.0713. The van der Waals surface area contributed by atoms with Crippen LogP contribution in [0.5, 0.6) is 0 Å². The number of nitrogens with one attached hydrogen (secondary N) is 1. The molecule has 1 aliphatic heterocycles. The molecule has 2 amide bonds. The van der Waals surface area contributed by atoms with Crippen LogP contribution in [0.3, 0.4) is 0 Å². The molecule has 0 spiro atoms.